The number of alkyl halides is 1. The van der Waals surface area contributed by atoms with Crippen molar-refractivity contribution in [1.82, 2.24) is 19.7 Å². The normalized spacial score (nSPS) is 20.4. The van der Waals surface area contributed by atoms with E-state index >= 15 is 0 Å². The second-order valence-corrected chi connectivity index (χ2v) is 10.9. The first-order valence-corrected chi connectivity index (χ1v) is 13.9. The average molecular weight is 586 g/mol. The minimum Gasteiger partial charge on any atom is -0.340 e. The Morgan fingerprint density at radius 2 is 1.85 bits per heavy atom. The first kappa shape index (κ1) is 24.0. The van der Waals surface area contributed by atoms with Crippen molar-refractivity contribution in [3.05, 3.63) is 89.9 Å². The number of nitrogens with zero attached hydrogens (tertiary/aromatic N) is 6. The number of fused-ring (bicyclic) bond motifs is 5. The fourth-order valence-electron chi connectivity index (χ4n) is 5.72. The third kappa shape index (κ3) is 3.93. The Hall–Kier alpha value is -4.05. The number of carbonyl (C=O) groups is 1. The number of pyridine rings is 1. The molecule has 1 saturated carbocycles. The highest BCUT2D eigenvalue weighted by Gasteiger charge is 2.49. The van der Waals surface area contributed by atoms with Crippen LogP contribution in [0.1, 0.15) is 40.1 Å². The Morgan fingerprint density at radius 1 is 1.05 bits per heavy atom. The summed E-state index contributed by atoms with van der Waals surface area (Å²) in [7, 11) is 1.79. The number of amides is 1. The molecule has 3 atom stereocenters. The highest BCUT2D eigenvalue weighted by molar-refractivity contribution is 9.09. The van der Waals surface area contributed by atoms with Crippen LogP contribution >= 0.6 is 15.9 Å². The molecule has 4 heterocycles. The number of guanidine groups is 1. The van der Waals surface area contributed by atoms with Crippen LogP contribution in [0.25, 0.3) is 11.3 Å². The molecule has 1 unspecified atom stereocenters. The lowest BCUT2D eigenvalue weighted by Gasteiger charge is -2.34. The van der Waals surface area contributed by atoms with Gasteiger partial charge >= 0.3 is 0 Å². The van der Waals surface area contributed by atoms with E-state index in [1.165, 1.54) is 12.3 Å². The van der Waals surface area contributed by atoms with Crippen LogP contribution in [0.2, 0.25) is 0 Å². The van der Waals surface area contributed by atoms with E-state index in [1.807, 2.05) is 59.3 Å². The third-order valence-electron chi connectivity index (χ3n) is 7.67. The van der Waals surface area contributed by atoms with Crippen molar-refractivity contribution in [3.63, 3.8) is 0 Å². The van der Waals surface area contributed by atoms with Crippen LogP contribution in [-0.4, -0.2) is 50.7 Å². The van der Waals surface area contributed by atoms with E-state index in [1.54, 1.807) is 18.0 Å². The van der Waals surface area contributed by atoms with Crippen molar-refractivity contribution in [1.29, 1.82) is 0 Å². The first-order valence-electron chi connectivity index (χ1n) is 13.0. The summed E-state index contributed by atoms with van der Waals surface area (Å²) < 4.78 is 15.2. The van der Waals surface area contributed by atoms with Gasteiger partial charge in [-0.3, -0.25) is 19.6 Å². The Bertz CT molecular complexity index is 1590. The predicted octanol–water partition coefficient (Wildman–Crippen LogP) is 5.95. The second kappa shape index (κ2) is 9.30. The van der Waals surface area contributed by atoms with Crippen molar-refractivity contribution in [2.75, 3.05) is 17.3 Å². The van der Waals surface area contributed by atoms with E-state index < -0.39 is 0 Å². The van der Waals surface area contributed by atoms with Crippen molar-refractivity contribution in [3.8, 4) is 11.3 Å². The van der Waals surface area contributed by atoms with Gasteiger partial charge in [0.25, 0.3) is 5.91 Å². The topological polar surface area (TPSA) is 78.7 Å². The smallest absolute Gasteiger partial charge is 0.267 e. The summed E-state index contributed by atoms with van der Waals surface area (Å²) in [6.07, 6.45) is 4.37. The van der Waals surface area contributed by atoms with Crippen LogP contribution in [0, 0.1) is 5.82 Å². The van der Waals surface area contributed by atoms with E-state index in [9.17, 15) is 9.18 Å². The van der Waals surface area contributed by atoms with E-state index in [0.717, 1.165) is 36.1 Å². The number of rotatable bonds is 5. The van der Waals surface area contributed by atoms with Gasteiger partial charge < -0.3 is 5.32 Å². The molecule has 7 rings (SSSR count). The zero-order valence-electron chi connectivity index (χ0n) is 21.1. The molecule has 39 heavy (non-hydrogen) atoms. The number of anilines is 3. The van der Waals surface area contributed by atoms with Crippen molar-refractivity contribution in [2.24, 2.45) is 4.99 Å². The number of hydrogen-bond acceptors (Lipinski definition) is 6. The number of aliphatic imine (C=N–C) groups is 1. The maximum atomic E-state index is 13.8. The molecular weight excluding hydrogens is 561 g/mol. The second-order valence-electron chi connectivity index (χ2n) is 10.0. The molecule has 196 valence electrons. The fourth-order valence-corrected chi connectivity index (χ4v) is 6.32. The molecule has 2 aliphatic heterocycles. The van der Waals surface area contributed by atoms with Gasteiger partial charge in [-0.1, -0.05) is 58.4 Å². The molecule has 0 radical (unpaired) electrons. The van der Waals surface area contributed by atoms with Crippen LogP contribution in [0.4, 0.5) is 21.7 Å². The van der Waals surface area contributed by atoms with Gasteiger partial charge in [0.1, 0.15) is 22.1 Å². The first-order chi connectivity index (χ1) is 19.0. The molecule has 1 N–H and O–H groups in total. The van der Waals surface area contributed by atoms with Crippen LogP contribution < -0.4 is 10.2 Å². The fraction of sp³-hybridized carbons (Fsp3) is 0.241. The van der Waals surface area contributed by atoms with Gasteiger partial charge in [-0.25, -0.2) is 14.1 Å². The van der Waals surface area contributed by atoms with E-state index in [2.05, 4.69) is 31.1 Å². The third-order valence-corrected chi connectivity index (χ3v) is 8.59. The average Bonchev–Trinajstić information content (AvgIpc) is 3.66. The number of carbonyl (C=O) groups excluding carboxylic acids is 1. The van der Waals surface area contributed by atoms with Gasteiger partial charge in [-0.2, -0.15) is 5.10 Å². The van der Waals surface area contributed by atoms with Crippen LogP contribution in [0.3, 0.4) is 0 Å². The number of para-hydroxylation sites is 1. The zero-order valence-corrected chi connectivity index (χ0v) is 22.7. The lowest BCUT2D eigenvalue weighted by Crippen LogP contribution is -2.51. The summed E-state index contributed by atoms with van der Waals surface area (Å²) in [6.45, 7) is 0. The summed E-state index contributed by atoms with van der Waals surface area (Å²) >= 11 is 3.86. The molecule has 3 aliphatic rings. The summed E-state index contributed by atoms with van der Waals surface area (Å²) in [5.41, 5.74) is 3.89. The molecule has 2 aromatic carbocycles. The Morgan fingerprint density at radius 3 is 2.59 bits per heavy atom. The van der Waals surface area contributed by atoms with Gasteiger partial charge in [0.2, 0.25) is 5.96 Å². The molecule has 1 fully saturated rings. The number of aromatic nitrogens is 3. The highest BCUT2D eigenvalue weighted by Crippen LogP contribution is 2.44. The predicted molar refractivity (Wildman–Crippen MR) is 152 cm³/mol. The summed E-state index contributed by atoms with van der Waals surface area (Å²) in [4.78, 5) is 26.3. The standard InChI is InChI=1S/C29H25BrFN7O/c1-36-28(39)24-26(33-20-6-3-2-4-7-20)38(35-27(24)37-23-9-5-8-22(23)34-29(36)37)25(30)18-12-10-17(11-13-18)21-15-14-19(31)16-32-21/h2-4,6-7,10-16,22-23,25,33H,5,8-9H2,1H3/t22-,23+,25?/m1/s1. The largest absolute Gasteiger partial charge is 0.340 e. The summed E-state index contributed by atoms with van der Waals surface area (Å²) in [5.74, 6) is 1.43. The van der Waals surface area contributed by atoms with E-state index in [4.69, 9.17) is 10.1 Å². The molecule has 0 bridgehead atoms. The Balaban J connectivity index is 1.32. The SMILES string of the molecule is CN1C(=O)c2c(nn(C(Br)c3ccc(-c4ccc(F)cn4)cc3)c2Nc2ccccc2)N2C1=N[C@@H]1CCC[C@@H]12. The minimum atomic E-state index is -0.370. The maximum Gasteiger partial charge on any atom is 0.267 e. The van der Waals surface area contributed by atoms with Crippen molar-refractivity contribution < 1.29 is 9.18 Å². The molecule has 1 aliphatic carbocycles. The maximum absolute atomic E-state index is 13.8. The molecular formula is C29H25BrFN7O. The number of hydrogen-bond donors (Lipinski definition) is 1. The summed E-state index contributed by atoms with van der Waals surface area (Å²) in [5, 5.41) is 8.53. The minimum absolute atomic E-state index is 0.137. The Labute approximate surface area is 233 Å². The molecule has 8 nitrogen and oxygen atoms in total. The van der Waals surface area contributed by atoms with Gasteiger partial charge in [0, 0.05) is 18.3 Å². The zero-order chi connectivity index (χ0) is 26.7. The van der Waals surface area contributed by atoms with Gasteiger partial charge in [0.15, 0.2) is 5.82 Å². The molecule has 1 amide bonds. The lowest BCUT2D eigenvalue weighted by molar-refractivity contribution is 0.0866. The summed E-state index contributed by atoms with van der Waals surface area (Å²) in [6, 6.07) is 21.1. The van der Waals surface area contributed by atoms with Gasteiger partial charge in [-0.05, 0) is 49.1 Å². The monoisotopic (exact) mass is 585 g/mol. The molecule has 0 spiro atoms. The van der Waals surface area contributed by atoms with Crippen LogP contribution in [-0.2, 0) is 0 Å². The van der Waals surface area contributed by atoms with Crippen molar-refractivity contribution >= 4 is 45.1 Å². The lowest BCUT2D eigenvalue weighted by atomic mass is 10.1. The molecule has 4 aromatic rings. The quantitative estimate of drug-likeness (QED) is 0.293. The van der Waals surface area contributed by atoms with E-state index in [0.29, 0.717) is 28.9 Å². The van der Waals surface area contributed by atoms with Crippen LogP contribution in [0.5, 0.6) is 0 Å². The number of nitrogens with one attached hydrogen (secondary N) is 1. The molecule has 0 saturated heterocycles. The highest BCUT2D eigenvalue weighted by atomic mass is 79.9. The van der Waals surface area contributed by atoms with Gasteiger partial charge in [-0.15, -0.1) is 0 Å². The van der Waals surface area contributed by atoms with E-state index in [-0.39, 0.29) is 28.8 Å². The van der Waals surface area contributed by atoms with Crippen LogP contribution in [0.15, 0.2) is 77.9 Å². The number of benzene rings is 2. The number of halogens is 2. The van der Waals surface area contributed by atoms with Crippen molar-refractivity contribution in [2.45, 2.75) is 36.3 Å². The molecule has 2 aromatic heterocycles. The Kier molecular flexibility index (Phi) is 5.73. The van der Waals surface area contributed by atoms with Gasteiger partial charge in [0.05, 0.1) is 24.0 Å². The molecule has 10 heteroatoms.